The summed E-state index contributed by atoms with van der Waals surface area (Å²) < 4.78 is 0. The molecule has 0 saturated heterocycles. The molecule has 1 aromatic carbocycles. The van der Waals surface area contributed by atoms with Gasteiger partial charge in [0.05, 0.1) is 0 Å². The maximum atomic E-state index is 5.98. The Morgan fingerprint density at radius 1 is 1.25 bits per heavy atom. The molecule has 1 aromatic rings. The van der Waals surface area contributed by atoms with Crippen LogP contribution in [0.4, 0.5) is 0 Å². The molecule has 1 aliphatic rings. The summed E-state index contributed by atoms with van der Waals surface area (Å²) in [5, 5.41) is 0. The normalized spacial score (nSPS) is 16.3. The van der Waals surface area contributed by atoms with Crippen molar-refractivity contribution in [1.82, 2.24) is 4.90 Å². The molecular weight excluding hydrogens is 246 g/mol. The van der Waals surface area contributed by atoms with Gasteiger partial charge in [0.15, 0.2) is 5.96 Å². The van der Waals surface area contributed by atoms with Crippen LogP contribution < -0.4 is 5.73 Å². The molecule has 0 spiro atoms. The number of aliphatic imine (C=N–C) groups is 1. The third kappa shape index (κ3) is 3.99. The van der Waals surface area contributed by atoms with E-state index >= 15 is 0 Å². The van der Waals surface area contributed by atoms with Gasteiger partial charge in [-0.15, -0.1) is 0 Å². The van der Waals surface area contributed by atoms with E-state index in [1.54, 1.807) is 0 Å². The Hall–Kier alpha value is -1.51. The summed E-state index contributed by atoms with van der Waals surface area (Å²) in [4.78, 5) is 6.57. The van der Waals surface area contributed by atoms with Crippen LogP contribution in [0.5, 0.6) is 0 Å². The fraction of sp³-hybridized carbons (Fsp3) is 0.588. The first-order valence-corrected chi connectivity index (χ1v) is 7.50. The van der Waals surface area contributed by atoms with Crippen molar-refractivity contribution in [3.05, 3.63) is 35.4 Å². The minimum absolute atomic E-state index is 0.216. The largest absolute Gasteiger partial charge is 0.370 e. The molecule has 0 unspecified atom stereocenters. The van der Waals surface area contributed by atoms with Crippen LogP contribution in [0.3, 0.4) is 0 Å². The molecule has 0 heterocycles. The molecule has 110 valence electrons. The molecule has 0 aliphatic heterocycles. The smallest absolute Gasteiger partial charge is 0.191 e. The van der Waals surface area contributed by atoms with Gasteiger partial charge in [0, 0.05) is 19.6 Å². The summed E-state index contributed by atoms with van der Waals surface area (Å²) in [7, 11) is 2.04. The van der Waals surface area contributed by atoms with Crippen molar-refractivity contribution >= 4 is 5.96 Å². The Bertz CT molecular complexity index is 464. The molecule has 3 heteroatoms. The van der Waals surface area contributed by atoms with Crippen molar-refractivity contribution in [3.8, 4) is 0 Å². The van der Waals surface area contributed by atoms with E-state index in [4.69, 9.17) is 5.73 Å². The second-order valence-electron chi connectivity index (χ2n) is 6.78. The average molecular weight is 273 g/mol. The number of benzene rings is 1. The molecule has 1 fully saturated rings. The number of nitrogens with zero attached hydrogens (tertiary/aromatic N) is 2. The predicted molar refractivity (Wildman–Crippen MR) is 86.1 cm³/mol. The monoisotopic (exact) mass is 273 g/mol. The first-order valence-electron chi connectivity index (χ1n) is 7.50. The number of hydrogen-bond acceptors (Lipinski definition) is 1. The Morgan fingerprint density at radius 2 is 1.85 bits per heavy atom. The Kier molecular flexibility index (Phi) is 4.36. The zero-order chi connectivity index (χ0) is 14.8. The van der Waals surface area contributed by atoms with Crippen molar-refractivity contribution in [3.63, 3.8) is 0 Å². The van der Waals surface area contributed by atoms with Gasteiger partial charge in [0.1, 0.15) is 0 Å². The van der Waals surface area contributed by atoms with Gasteiger partial charge in [0.25, 0.3) is 0 Å². The van der Waals surface area contributed by atoms with Crippen LogP contribution >= 0.6 is 0 Å². The number of hydrogen-bond donors (Lipinski definition) is 1. The van der Waals surface area contributed by atoms with Crippen molar-refractivity contribution in [2.45, 2.75) is 51.5 Å². The molecule has 20 heavy (non-hydrogen) atoms. The lowest BCUT2D eigenvalue weighted by Gasteiger charge is -2.19. The lowest BCUT2D eigenvalue weighted by Crippen LogP contribution is -2.35. The maximum absolute atomic E-state index is 5.98. The van der Waals surface area contributed by atoms with Crippen LogP contribution in [0.25, 0.3) is 0 Å². The van der Waals surface area contributed by atoms with Gasteiger partial charge < -0.3 is 10.6 Å². The zero-order valence-corrected chi connectivity index (χ0v) is 13.2. The highest BCUT2D eigenvalue weighted by Crippen LogP contribution is 2.25. The summed E-state index contributed by atoms with van der Waals surface area (Å²) >= 11 is 0. The van der Waals surface area contributed by atoms with E-state index in [0.29, 0.717) is 12.0 Å². The average Bonchev–Trinajstić information content (AvgIpc) is 3.21. The molecule has 2 N–H and O–H groups in total. The first-order chi connectivity index (χ1) is 9.38. The Balaban J connectivity index is 1.86. The Labute approximate surface area is 122 Å². The van der Waals surface area contributed by atoms with Crippen LogP contribution in [0.1, 0.15) is 44.7 Å². The molecule has 2 rings (SSSR count). The minimum Gasteiger partial charge on any atom is -0.370 e. The highest BCUT2D eigenvalue weighted by molar-refractivity contribution is 5.78. The lowest BCUT2D eigenvalue weighted by molar-refractivity contribution is 0.487. The Morgan fingerprint density at radius 3 is 2.35 bits per heavy atom. The molecule has 0 aromatic heterocycles. The molecule has 1 aliphatic carbocycles. The van der Waals surface area contributed by atoms with Gasteiger partial charge in [-0.05, 0) is 35.8 Å². The van der Waals surface area contributed by atoms with Gasteiger partial charge in [-0.3, -0.25) is 4.99 Å². The highest BCUT2D eigenvalue weighted by atomic mass is 15.3. The van der Waals surface area contributed by atoms with Crippen LogP contribution in [-0.4, -0.2) is 30.5 Å². The van der Waals surface area contributed by atoms with E-state index in [2.05, 4.69) is 54.9 Å². The van der Waals surface area contributed by atoms with Gasteiger partial charge in [-0.1, -0.05) is 45.0 Å². The van der Waals surface area contributed by atoms with E-state index in [1.807, 2.05) is 7.05 Å². The summed E-state index contributed by atoms with van der Waals surface area (Å²) in [6.07, 6.45) is 3.45. The predicted octanol–water partition coefficient (Wildman–Crippen LogP) is 2.94. The van der Waals surface area contributed by atoms with Gasteiger partial charge in [-0.2, -0.15) is 0 Å². The third-order valence-electron chi connectivity index (χ3n) is 3.95. The number of nitrogens with two attached hydrogens (primary N) is 1. The molecule has 0 bridgehead atoms. The van der Waals surface area contributed by atoms with Crippen molar-refractivity contribution < 1.29 is 0 Å². The second kappa shape index (κ2) is 5.86. The van der Waals surface area contributed by atoms with Crippen LogP contribution in [0.15, 0.2) is 29.3 Å². The highest BCUT2D eigenvalue weighted by Gasteiger charge is 2.27. The van der Waals surface area contributed by atoms with Crippen molar-refractivity contribution in [2.75, 3.05) is 13.6 Å². The standard InChI is InChI=1S/C17H27N3/c1-17(2,3)14-7-5-13(6-8-14)11-12-19-16(18)20(4)15-9-10-15/h5-8,15H,9-12H2,1-4H3,(H2,18,19). The quantitative estimate of drug-likeness (QED) is 0.677. The number of guanidine groups is 1. The number of rotatable bonds is 4. The third-order valence-corrected chi connectivity index (χ3v) is 3.95. The molecule has 0 amide bonds. The molecule has 1 saturated carbocycles. The van der Waals surface area contributed by atoms with Gasteiger partial charge in [0.2, 0.25) is 0 Å². The van der Waals surface area contributed by atoms with E-state index < -0.39 is 0 Å². The van der Waals surface area contributed by atoms with Crippen LogP contribution in [0, 0.1) is 0 Å². The molecule has 0 radical (unpaired) electrons. The summed E-state index contributed by atoms with van der Waals surface area (Å²) in [5.74, 6) is 0.679. The van der Waals surface area contributed by atoms with Crippen LogP contribution in [-0.2, 0) is 11.8 Å². The first kappa shape index (κ1) is 14.9. The summed E-state index contributed by atoms with van der Waals surface area (Å²) in [6, 6.07) is 9.48. The summed E-state index contributed by atoms with van der Waals surface area (Å²) in [6.45, 7) is 7.47. The van der Waals surface area contributed by atoms with Crippen molar-refractivity contribution in [2.24, 2.45) is 10.7 Å². The second-order valence-corrected chi connectivity index (χ2v) is 6.78. The van der Waals surface area contributed by atoms with E-state index in [-0.39, 0.29) is 5.41 Å². The van der Waals surface area contributed by atoms with Crippen molar-refractivity contribution in [1.29, 1.82) is 0 Å². The SMILES string of the molecule is CN(C(N)=NCCc1ccc(C(C)(C)C)cc1)C1CC1. The van der Waals surface area contributed by atoms with E-state index in [1.165, 1.54) is 24.0 Å². The summed E-state index contributed by atoms with van der Waals surface area (Å²) in [5.41, 5.74) is 8.89. The van der Waals surface area contributed by atoms with E-state index in [0.717, 1.165) is 13.0 Å². The fourth-order valence-corrected chi connectivity index (χ4v) is 2.23. The molecule has 3 nitrogen and oxygen atoms in total. The lowest BCUT2D eigenvalue weighted by atomic mass is 9.86. The van der Waals surface area contributed by atoms with Gasteiger partial charge in [-0.25, -0.2) is 0 Å². The topological polar surface area (TPSA) is 41.6 Å². The zero-order valence-electron chi connectivity index (χ0n) is 13.2. The van der Waals surface area contributed by atoms with E-state index in [9.17, 15) is 0 Å². The molecule has 0 atom stereocenters. The molecular formula is C17H27N3. The minimum atomic E-state index is 0.216. The fourth-order valence-electron chi connectivity index (χ4n) is 2.23. The maximum Gasteiger partial charge on any atom is 0.191 e. The van der Waals surface area contributed by atoms with Gasteiger partial charge >= 0.3 is 0 Å². The van der Waals surface area contributed by atoms with Crippen LogP contribution in [0.2, 0.25) is 0 Å².